The van der Waals surface area contributed by atoms with E-state index in [4.69, 9.17) is 10.7 Å². The smallest absolute Gasteiger partial charge is 0.113 e. The summed E-state index contributed by atoms with van der Waals surface area (Å²) in [7, 11) is 0. The normalized spacial score (nSPS) is 27.6. The summed E-state index contributed by atoms with van der Waals surface area (Å²) >= 11 is 3.45. The number of nitrogens with two attached hydrogens (primary N) is 1. The van der Waals surface area contributed by atoms with Crippen molar-refractivity contribution in [1.82, 2.24) is 4.98 Å². The minimum Gasteiger partial charge on any atom is -0.319 e. The average Bonchev–Trinajstić information content (AvgIpc) is 3.10. The van der Waals surface area contributed by atoms with Crippen LogP contribution in [0.5, 0.6) is 0 Å². The molecule has 0 spiro atoms. The van der Waals surface area contributed by atoms with E-state index in [2.05, 4.69) is 29.1 Å². The Morgan fingerprint density at radius 2 is 2.16 bits per heavy atom. The molecule has 0 amide bonds. The van der Waals surface area contributed by atoms with E-state index in [1.807, 2.05) is 0 Å². The Hall–Kier alpha value is -0.710. The molecule has 102 valence electrons. The minimum atomic E-state index is -0.176. The van der Waals surface area contributed by atoms with E-state index in [-0.39, 0.29) is 5.54 Å². The van der Waals surface area contributed by atoms with Gasteiger partial charge in [0.15, 0.2) is 0 Å². The number of nitrogens with zero attached hydrogens (tertiary/aromatic N) is 1. The van der Waals surface area contributed by atoms with Gasteiger partial charge in [-0.3, -0.25) is 0 Å². The molecule has 4 heteroatoms. The maximum Gasteiger partial charge on any atom is 0.113 e. The first-order valence-corrected chi connectivity index (χ1v) is 8.81. The van der Waals surface area contributed by atoms with Crippen molar-refractivity contribution in [1.29, 1.82) is 0 Å². The molecule has 0 radical (unpaired) electrons. The topological polar surface area (TPSA) is 38.9 Å². The molecule has 1 saturated carbocycles. The second kappa shape index (κ2) is 5.35. The third kappa shape index (κ3) is 2.62. The highest BCUT2D eigenvalue weighted by molar-refractivity contribution is 7.10. The average molecular weight is 292 g/mol. The SMILES string of the molecule is CCC1CCC(N)(c2nc(-c3ccsc3)cs2)CC1. The van der Waals surface area contributed by atoms with Crippen molar-refractivity contribution in [3.05, 3.63) is 27.2 Å². The summed E-state index contributed by atoms with van der Waals surface area (Å²) in [6.07, 6.45) is 5.96. The van der Waals surface area contributed by atoms with Crippen LogP contribution >= 0.6 is 22.7 Å². The van der Waals surface area contributed by atoms with Crippen LogP contribution in [0.1, 0.15) is 44.0 Å². The molecule has 0 unspecified atom stereocenters. The summed E-state index contributed by atoms with van der Waals surface area (Å²) in [6.45, 7) is 2.28. The van der Waals surface area contributed by atoms with Gasteiger partial charge in [0.1, 0.15) is 5.01 Å². The molecule has 2 aromatic rings. The lowest BCUT2D eigenvalue weighted by molar-refractivity contribution is 0.231. The van der Waals surface area contributed by atoms with Gasteiger partial charge in [-0.25, -0.2) is 4.98 Å². The van der Waals surface area contributed by atoms with Crippen LogP contribution < -0.4 is 5.73 Å². The molecule has 0 aromatic carbocycles. The largest absolute Gasteiger partial charge is 0.319 e. The fourth-order valence-corrected chi connectivity index (χ4v) is 4.51. The molecular weight excluding hydrogens is 272 g/mol. The number of hydrogen-bond donors (Lipinski definition) is 1. The number of thiophene rings is 1. The first-order chi connectivity index (χ1) is 9.21. The summed E-state index contributed by atoms with van der Waals surface area (Å²) in [5.74, 6) is 0.869. The van der Waals surface area contributed by atoms with Crippen LogP contribution in [0, 0.1) is 5.92 Å². The predicted molar refractivity (Wildman–Crippen MR) is 83.5 cm³/mol. The van der Waals surface area contributed by atoms with Gasteiger partial charge in [0.2, 0.25) is 0 Å². The van der Waals surface area contributed by atoms with Gasteiger partial charge in [0.25, 0.3) is 0 Å². The van der Waals surface area contributed by atoms with Crippen molar-refractivity contribution in [3.8, 4) is 11.3 Å². The van der Waals surface area contributed by atoms with Gasteiger partial charge in [0, 0.05) is 16.3 Å². The van der Waals surface area contributed by atoms with Crippen LogP contribution in [0.3, 0.4) is 0 Å². The van der Waals surface area contributed by atoms with Gasteiger partial charge in [-0.2, -0.15) is 11.3 Å². The zero-order chi connectivity index (χ0) is 13.3. The van der Waals surface area contributed by atoms with E-state index >= 15 is 0 Å². The van der Waals surface area contributed by atoms with E-state index in [9.17, 15) is 0 Å². The van der Waals surface area contributed by atoms with E-state index in [0.29, 0.717) is 0 Å². The van der Waals surface area contributed by atoms with Crippen LogP contribution in [0.25, 0.3) is 11.3 Å². The zero-order valence-corrected chi connectivity index (χ0v) is 12.9. The summed E-state index contributed by atoms with van der Waals surface area (Å²) in [6, 6.07) is 2.13. The second-order valence-electron chi connectivity index (χ2n) is 5.56. The highest BCUT2D eigenvalue weighted by Crippen LogP contribution is 2.40. The zero-order valence-electron chi connectivity index (χ0n) is 11.3. The van der Waals surface area contributed by atoms with Crippen molar-refractivity contribution in [2.24, 2.45) is 11.7 Å². The summed E-state index contributed by atoms with van der Waals surface area (Å²) in [5, 5.41) is 7.52. The fourth-order valence-electron chi connectivity index (χ4n) is 2.86. The van der Waals surface area contributed by atoms with Gasteiger partial charge in [-0.1, -0.05) is 13.3 Å². The molecule has 2 heterocycles. The quantitative estimate of drug-likeness (QED) is 0.896. The summed E-state index contributed by atoms with van der Waals surface area (Å²) < 4.78 is 0. The van der Waals surface area contributed by atoms with Crippen LogP contribution in [0.4, 0.5) is 0 Å². The van der Waals surface area contributed by atoms with Crippen molar-refractivity contribution < 1.29 is 0 Å². The first kappa shape index (κ1) is 13.3. The van der Waals surface area contributed by atoms with Crippen LogP contribution in [0.15, 0.2) is 22.2 Å². The lowest BCUT2D eigenvalue weighted by Gasteiger charge is -2.35. The fraction of sp³-hybridized carbons (Fsp3) is 0.533. The molecule has 0 atom stereocenters. The van der Waals surface area contributed by atoms with Gasteiger partial charge < -0.3 is 5.73 Å². The Morgan fingerprint density at radius 1 is 1.37 bits per heavy atom. The van der Waals surface area contributed by atoms with E-state index < -0.39 is 0 Å². The third-order valence-corrected chi connectivity index (χ3v) is 6.07. The van der Waals surface area contributed by atoms with E-state index in [0.717, 1.165) is 29.5 Å². The maximum absolute atomic E-state index is 6.61. The number of hydrogen-bond acceptors (Lipinski definition) is 4. The Bertz CT molecular complexity index is 522. The Labute approximate surface area is 122 Å². The molecule has 19 heavy (non-hydrogen) atoms. The predicted octanol–water partition coefficient (Wildman–Crippen LogP) is 4.63. The Morgan fingerprint density at radius 3 is 2.79 bits per heavy atom. The van der Waals surface area contributed by atoms with Crippen molar-refractivity contribution >= 4 is 22.7 Å². The molecule has 2 aromatic heterocycles. The highest BCUT2D eigenvalue weighted by Gasteiger charge is 2.35. The lowest BCUT2D eigenvalue weighted by atomic mass is 9.76. The summed E-state index contributed by atoms with van der Waals surface area (Å²) in [5.41, 5.74) is 8.75. The van der Waals surface area contributed by atoms with Gasteiger partial charge in [-0.05, 0) is 43.0 Å². The van der Waals surface area contributed by atoms with Crippen molar-refractivity contribution in [2.75, 3.05) is 0 Å². The molecule has 2 nitrogen and oxygen atoms in total. The second-order valence-corrected chi connectivity index (χ2v) is 7.20. The van der Waals surface area contributed by atoms with E-state index in [1.165, 1.54) is 24.8 Å². The maximum atomic E-state index is 6.61. The molecule has 1 aliphatic rings. The van der Waals surface area contributed by atoms with Crippen LogP contribution in [-0.4, -0.2) is 4.98 Å². The summed E-state index contributed by atoms with van der Waals surface area (Å²) in [4.78, 5) is 4.80. The van der Waals surface area contributed by atoms with Crippen LogP contribution in [0.2, 0.25) is 0 Å². The molecule has 2 N–H and O–H groups in total. The van der Waals surface area contributed by atoms with Gasteiger partial charge in [-0.15, -0.1) is 11.3 Å². The molecule has 3 rings (SSSR count). The molecule has 1 aliphatic carbocycles. The number of rotatable bonds is 3. The molecule has 0 saturated heterocycles. The highest BCUT2D eigenvalue weighted by atomic mass is 32.1. The van der Waals surface area contributed by atoms with Gasteiger partial charge in [0.05, 0.1) is 11.2 Å². The number of aromatic nitrogens is 1. The Kier molecular flexibility index (Phi) is 3.74. The molecule has 0 bridgehead atoms. The first-order valence-electron chi connectivity index (χ1n) is 6.99. The monoisotopic (exact) mass is 292 g/mol. The van der Waals surface area contributed by atoms with Crippen LogP contribution in [-0.2, 0) is 5.54 Å². The molecular formula is C15H20N2S2. The molecule has 0 aliphatic heterocycles. The van der Waals surface area contributed by atoms with Gasteiger partial charge >= 0.3 is 0 Å². The number of thiazole rings is 1. The van der Waals surface area contributed by atoms with Crippen molar-refractivity contribution in [3.63, 3.8) is 0 Å². The molecule has 1 fully saturated rings. The third-order valence-electron chi connectivity index (χ3n) is 4.32. The van der Waals surface area contributed by atoms with E-state index in [1.54, 1.807) is 22.7 Å². The van der Waals surface area contributed by atoms with Crippen molar-refractivity contribution in [2.45, 2.75) is 44.6 Å². The lowest BCUT2D eigenvalue weighted by Crippen LogP contribution is -2.40. The standard InChI is InChI=1S/C15H20N2S2/c1-2-11-3-6-15(16,7-4-11)14-17-13(10-19-14)12-5-8-18-9-12/h5,8-11H,2-4,6-7,16H2,1H3. The minimum absolute atomic E-state index is 0.176. The Balaban J connectivity index is 1.79.